The van der Waals surface area contributed by atoms with E-state index in [0.717, 1.165) is 38.0 Å². The predicted octanol–water partition coefficient (Wildman–Crippen LogP) is 4.48. The van der Waals surface area contributed by atoms with Gasteiger partial charge in [0.1, 0.15) is 17.4 Å². The first kappa shape index (κ1) is 31.9. The minimum atomic E-state index is -3.66. The van der Waals surface area contributed by atoms with E-state index in [2.05, 4.69) is 49.5 Å². The van der Waals surface area contributed by atoms with Gasteiger partial charge in [0, 0.05) is 18.8 Å². The van der Waals surface area contributed by atoms with Crippen molar-refractivity contribution in [1.82, 2.24) is 24.8 Å². The topological polar surface area (TPSA) is 133 Å². The predicted molar refractivity (Wildman–Crippen MR) is 166 cm³/mol. The maximum atomic E-state index is 12.9. The smallest absolute Gasteiger partial charge is 0.229 e. The minimum Gasteiger partial charge on any atom is -0.489 e. The molecule has 0 radical (unpaired) electrons. The van der Waals surface area contributed by atoms with Crippen molar-refractivity contribution in [1.29, 1.82) is 0 Å². The molecule has 1 aliphatic heterocycles. The summed E-state index contributed by atoms with van der Waals surface area (Å²) >= 11 is 6.39. The number of hydrogen-bond acceptors (Lipinski definition) is 11. The van der Waals surface area contributed by atoms with Crippen LogP contribution in [-0.2, 0) is 16.4 Å². The second kappa shape index (κ2) is 14.0. The number of pyridine rings is 1. The first-order chi connectivity index (χ1) is 19.9. The van der Waals surface area contributed by atoms with E-state index in [-0.39, 0.29) is 34.1 Å². The molecule has 1 aliphatic rings. The lowest BCUT2D eigenvalue weighted by Crippen LogP contribution is -2.41. The number of aliphatic hydroxyl groups is 1. The molecule has 13 heteroatoms. The number of nitrogens with zero attached hydrogens (tertiary/aromatic N) is 5. The van der Waals surface area contributed by atoms with Gasteiger partial charge in [-0.2, -0.15) is 4.98 Å². The molecule has 3 aromatic rings. The number of piperidine rings is 1. The number of nitrogens with one attached hydrogen (secondary N) is 2. The Labute approximate surface area is 253 Å². The monoisotopic (exact) mass is 617 g/mol. The normalized spacial score (nSPS) is 15.6. The fourth-order valence-electron chi connectivity index (χ4n) is 4.65. The number of aliphatic hydroxyl groups excluding tert-OH is 1. The third-order valence-electron chi connectivity index (χ3n) is 7.12. The number of benzene rings is 1. The van der Waals surface area contributed by atoms with Crippen LogP contribution in [0, 0.1) is 0 Å². The molecular weight excluding hydrogens is 578 g/mol. The number of aromatic nitrogens is 3. The van der Waals surface area contributed by atoms with Crippen LogP contribution in [0.3, 0.4) is 0 Å². The SMILES string of the molecule is CC(O)COc1cc(CN2CCC(N(C)C)CC2)ccc1Nc1ncc(Cl)c(Nc2cccnc2S(=O)(=O)C(C)C)n1. The van der Waals surface area contributed by atoms with Crippen molar-refractivity contribution < 1.29 is 18.3 Å². The largest absolute Gasteiger partial charge is 0.489 e. The average molecular weight is 618 g/mol. The fraction of sp³-hybridized carbons (Fsp3) is 0.483. The molecular formula is C29H40ClN7O4S. The van der Waals surface area contributed by atoms with Crippen LogP contribution in [-0.4, -0.2) is 89.5 Å². The highest BCUT2D eigenvalue weighted by atomic mass is 35.5. The molecule has 1 fully saturated rings. The van der Waals surface area contributed by atoms with Gasteiger partial charge >= 0.3 is 0 Å². The van der Waals surface area contributed by atoms with Gasteiger partial charge in [0.05, 0.1) is 28.9 Å². The molecule has 0 saturated carbocycles. The van der Waals surface area contributed by atoms with Gasteiger partial charge in [-0.3, -0.25) is 4.90 Å². The van der Waals surface area contributed by atoms with E-state index in [9.17, 15) is 13.5 Å². The Kier molecular flexibility index (Phi) is 10.6. The van der Waals surface area contributed by atoms with Crippen molar-refractivity contribution in [2.24, 2.45) is 0 Å². The van der Waals surface area contributed by atoms with Crippen LogP contribution in [0.2, 0.25) is 5.02 Å². The van der Waals surface area contributed by atoms with Crippen molar-refractivity contribution in [3.05, 3.63) is 53.3 Å². The van der Waals surface area contributed by atoms with Crippen LogP contribution < -0.4 is 15.4 Å². The highest BCUT2D eigenvalue weighted by Crippen LogP contribution is 2.32. The summed E-state index contributed by atoms with van der Waals surface area (Å²) in [7, 11) is 0.609. The molecule has 1 unspecified atom stereocenters. The lowest BCUT2D eigenvalue weighted by Gasteiger charge is -2.35. The van der Waals surface area contributed by atoms with Gasteiger partial charge in [-0.1, -0.05) is 17.7 Å². The first-order valence-electron chi connectivity index (χ1n) is 14.0. The third-order valence-corrected chi connectivity index (χ3v) is 9.51. The molecule has 1 saturated heterocycles. The molecule has 3 N–H and O–H groups in total. The van der Waals surface area contributed by atoms with Gasteiger partial charge in [0.2, 0.25) is 5.95 Å². The van der Waals surface area contributed by atoms with E-state index >= 15 is 0 Å². The summed E-state index contributed by atoms with van der Waals surface area (Å²) in [6, 6.07) is 9.75. The summed E-state index contributed by atoms with van der Waals surface area (Å²) in [5, 5.41) is 15.5. The van der Waals surface area contributed by atoms with Gasteiger partial charge in [0.15, 0.2) is 20.7 Å². The van der Waals surface area contributed by atoms with Crippen LogP contribution in [0.5, 0.6) is 5.75 Å². The molecule has 2 aromatic heterocycles. The van der Waals surface area contributed by atoms with E-state index < -0.39 is 21.2 Å². The summed E-state index contributed by atoms with van der Waals surface area (Å²) < 4.78 is 31.7. The van der Waals surface area contributed by atoms with Gasteiger partial charge < -0.3 is 25.4 Å². The second-order valence-corrected chi connectivity index (χ2v) is 13.9. The van der Waals surface area contributed by atoms with Crippen molar-refractivity contribution in [2.45, 2.75) is 62.6 Å². The van der Waals surface area contributed by atoms with E-state index in [0.29, 0.717) is 17.5 Å². The van der Waals surface area contributed by atoms with E-state index in [1.807, 2.05) is 18.2 Å². The lowest BCUT2D eigenvalue weighted by atomic mass is 10.0. The molecule has 0 spiro atoms. The Balaban J connectivity index is 1.55. The van der Waals surface area contributed by atoms with Crippen molar-refractivity contribution in [3.63, 3.8) is 0 Å². The Morgan fingerprint density at radius 1 is 1.12 bits per heavy atom. The fourth-order valence-corrected chi connectivity index (χ4v) is 5.87. The molecule has 0 aliphatic carbocycles. The molecule has 0 amide bonds. The van der Waals surface area contributed by atoms with E-state index in [1.165, 1.54) is 12.4 Å². The number of ether oxygens (including phenoxy) is 1. The van der Waals surface area contributed by atoms with Crippen LogP contribution >= 0.6 is 11.6 Å². The van der Waals surface area contributed by atoms with Crippen molar-refractivity contribution in [3.8, 4) is 5.75 Å². The van der Waals surface area contributed by atoms with Crippen LogP contribution in [0.25, 0.3) is 0 Å². The van der Waals surface area contributed by atoms with Gasteiger partial charge in [-0.05, 0) is 90.6 Å². The van der Waals surface area contributed by atoms with Gasteiger partial charge in [-0.25, -0.2) is 18.4 Å². The zero-order chi connectivity index (χ0) is 30.4. The number of hydrogen-bond donors (Lipinski definition) is 3. The quantitative estimate of drug-likeness (QED) is 0.266. The molecule has 1 atom stereocenters. The second-order valence-electron chi connectivity index (χ2n) is 11.1. The summed E-state index contributed by atoms with van der Waals surface area (Å²) in [6.45, 7) is 7.83. The van der Waals surface area contributed by atoms with Crippen LogP contribution in [0.15, 0.2) is 47.8 Å². The zero-order valence-electron chi connectivity index (χ0n) is 24.7. The number of likely N-dealkylation sites (tertiary alicyclic amines) is 1. The maximum Gasteiger partial charge on any atom is 0.229 e. The number of halogens is 1. The number of sulfone groups is 1. The Hall–Kier alpha value is -3.03. The van der Waals surface area contributed by atoms with E-state index in [1.54, 1.807) is 32.9 Å². The number of anilines is 4. The molecule has 42 heavy (non-hydrogen) atoms. The average Bonchev–Trinajstić information content (AvgIpc) is 2.95. The van der Waals surface area contributed by atoms with Gasteiger partial charge in [0.25, 0.3) is 0 Å². The highest BCUT2D eigenvalue weighted by molar-refractivity contribution is 7.92. The Morgan fingerprint density at radius 2 is 1.86 bits per heavy atom. The standard InChI is InChI=1S/C29H40ClN7O4S/c1-19(2)42(39,40)28-25(7-6-12-31-28)33-27-23(30)16-32-29(35-27)34-24-9-8-21(15-26(24)41-18-20(3)38)17-37-13-10-22(11-14-37)36(4)5/h6-9,12,15-16,19-20,22,38H,10-11,13-14,17-18H2,1-5H3,(H2,32,33,34,35). The first-order valence-corrected chi connectivity index (χ1v) is 15.9. The Bertz CT molecular complexity index is 1460. The Morgan fingerprint density at radius 3 is 2.52 bits per heavy atom. The maximum absolute atomic E-state index is 12.9. The summed E-state index contributed by atoms with van der Waals surface area (Å²) in [5.41, 5.74) is 1.97. The van der Waals surface area contributed by atoms with Crippen molar-refractivity contribution >= 4 is 44.6 Å². The van der Waals surface area contributed by atoms with Crippen LogP contribution in [0.4, 0.5) is 23.1 Å². The number of rotatable bonds is 12. The van der Waals surface area contributed by atoms with E-state index in [4.69, 9.17) is 16.3 Å². The summed E-state index contributed by atoms with van der Waals surface area (Å²) in [6.07, 6.45) is 4.47. The summed E-state index contributed by atoms with van der Waals surface area (Å²) in [4.78, 5) is 17.6. The van der Waals surface area contributed by atoms with Crippen LogP contribution in [0.1, 0.15) is 39.2 Å². The summed E-state index contributed by atoms with van der Waals surface area (Å²) in [5.74, 6) is 0.994. The molecule has 11 nitrogen and oxygen atoms in total. The zero-order valence-corrected chi connectivity index (χ0v) is 26.3. The molecule has 228 valence electrons. The lowest BCUT2D eigenvalue weighted by molar-refractivity contribution is 0.123. The molecule has 0 bridgehead atoms. The molecule has 4 rings (SSSR count). The minimum absolute atomic E-state index is 0.0838. The highest BCUT2D eigenvalue weighted by Gasteiger charge is 2.25. The van der Waals surface area contributed by atoms with Crippen molar-refractivity contribution in [2.75, 3.05) is 44.4 Å². The molecule has 3 heterocycles. The third kappa shape index (κ3) is 8.07. The van der Waals surface area contributed by atoms with Gasteiger partial charge in [-0.15, -0.1) is 0 Å². The molecule has 1 aromatic carbocycles.